The van der Waals surface area contributed by atoms with Gasteiger partial charge in [0, 0.05) is 62.8 Å². The molecule has 0 radical (unpaired) electrons. The average Bonchev–Trinajstić information content (AvgIpc) is 2.91. The highest BCUT2D eigenvalue weighted by molar-refractivity contribution is 6.31. The van der Waals surface area contributed by atoms with Crippen molar-refractivity contribution in [3.63, 3.8) is 0 Å². The lowest BCUT2D eigenvalue weighted by Gasteiger charge is -2.32. The first-order chi connectivity index (χ1) is 18.4. The fourth-order valence-corrected chi connectivity index (χ4v) is 4.24. The quantitative estimate of drug-likeness (QED) is 0.278. The molecule has 0 amide bonds. The summed E-state index contributed by atoms with van der Waals surface area (Å²) in [4.78, 5) is 25.7. The number of hydrogen-bond donors (Lipinski definition) is 2. The normalized spacial score (nSPS) is 14.5. The number of likely N-dealkylation sites (N-methyl/N-ethyl adjacent to an activating group) is 1. The molecule has 1 aliphatic rings. The van der Waals surface area contributed by atoms with Crippen LogP contribution in [0, 0.1) is 5.82 Å². The zero-order valence-corrected chi connectivity index (χ0v) is 22.3. The van der Waals surface area contributed by atoms with Crippen LogP contribution < -0.4 is 10.6 Å². The Bertz CT molecular complexity index is 1280. The van der Waals surface area contributed by atoms with E-state index in [2.05, 4.69) is 32.5 Å². The number of halogens is 2. The highest BCUT2D eigenvalue weighted by atomic mass is 35.5. The topological polar surface area (TPSA) is 82.6 Å². The first kappa shape index (κ1) is 27.5. The van der Waals surface area contributed by atoms with Gasteiger partial charge in [0.1, 0.15) is 11.6 Å². The van der Waals surface area contributed by atoms with E-state index in [9.17, 15) is 9.18 Å². The van der Waals surface area contributed by atoms with Gasteiger partial charge < -0.3 is 20.3 Å². The van der Waals surface area contributed by atoms with Crippen LogP contribution in [0.25, 0.3) is 17.2 Å². The largest absolute Gasteiger partial charge is 0.463 e. The molecule has 1 aromatic heterocycles. The summed E-state index contributed by atoms with van der Waals surface area (Å²) in [5, 5.41) is 6.60. The first-order valence-electron chi connectivity index (χ1n) is 12.6. The van der Waals surface area contributed by atoms with Gasteiger partial charge in [-0.25, -0.2) is 14.2 Å². The van der Waals surface area contributed by atoms with Crippen molar-refractivity contribution in [3.05, 3.63) is 71.1 Å². The van der Waals surface area contributed by atoms with Gasteiger partial charge in [0.25, 0.3) is 0 Å². The van der Waals surface area contributed by atoms with E-state index < -0.39 is 5.82 Å². The molecule has 200 valence electrons. The average molecular weight is 539 g/mol. The minimum atomic E-state index is -0.489. The lowest BCUT2D eigenvalue weighted by molar-refractivity contribution is -0.137. The number of esters is 1. The Kier molecular flexibility index (Phi) is 9.64. The van der Waals surface area contributed by atoms with Crippen LogP contribution in [0.2, 0.25) is 5.02 Å². The molecule has 0 saturated carbocycles. The lowest BCUT2D eigenvalue weighted by atomic mass is 10.0. The van der Waals surface area contributed by atoms with E-state index in [1.807, 2.05) is 24.3 Å². The molecule has 0 atom stereocenters. The van der Waals surface area contributed by atoms with Gasteiger partial charge in [0.2, 0.25) is 5.95 Å². The van der Waals surface area contributed by atoms with E-state index in [-0.39, 0.29) is 11.0 Å². The summed E-state index contributed by atoms with van der Waals surface area (Å²) >= 11 is 5.94. The Labute approximate surface area is 227 Å². The lowest BCUT2D eigenvalue weighted by Crippen LogP contribution is -2.45. The fraction of sp³-hybridized carbons (Fsp3) is 0.321. The number of ether oxygens (including phenoxy) is 1. The summed E-state index contributed by atoms with van der Waals surface area (Å²) in [6, 6.07) is 12.1. The van der Waals surface area contributed by atoms with Gasteiger partial charge in [-0.1, -0.05) is 29.8 Å². The molecule has 2 aromatic carbocycles. The predicted molar refractivity (Wildman–Crippen MR) is 150 cm³/mol. The third-order valence-electron chi connectivity index (χ3n) is 6.18. The number of aromatic nitrogens is 2. The minimum absolute atomic E-state index is 0.0184. The van der Waals surface area contributed by atoms with Gasteiger partial charge >= 0.3 is 5.97 Å². The number of carbonyl (C=O) groups excluding carboxylic acids is 1. The third kappa shape index (κ3) is 7.74. The van der Waals surface area contributed by atoms with Crippen molar-refractivity contribution in [1.82, 2.24) is 19.8 Å². The number of nitrogens with one attached hydrogen (secondary N) is 2. The molecular formula is C28H32ClFN6O2. The number of piperazine rings is 1. The second kappa shape index (κ2) is 13.3. The Morgan fingerprint density at radius 2 is 2.00 bits per heavy atom. The standard InChI is InChI=1S/C28H32ClFN6O2/c1-3-38-26(37)10-7-20-5-4-6-21(17-20)23-19-32-28(33-22-8-9-25(30)24(29)18-22)34-27(23)31-11-12-36-15-13-35(2)14-16-36/h4-10,17-19H,3,11-16H2,1-2H3,(H2,31,32,33,34). The van der Waals surface area contributed by atoms with E-state index in [0.29, 0.717) is 30.6 Å². The first-order valence-corrected chi connectivity index (χ1v) is 13.0. The van der Waals surface area contributed by atoms with Gasteiger partial charge in [-0.15, -0.1) is 0 Å². The van der Waals surface area contributed by atoms with E-state index >= 15 is 0 Å². The summed E-state index contributed by atoms with van der Waals surface area (Å²) in [6.45, 7) is 7.86. The maximum atomic E-state index is 13.6. The number of nitrogens with zero attached hydrogens (tertiary/aromatic N) is 4. The van der Waals surface area contributed by atoms with Crippen LogP contribution >= 0.6 is 11.6 Å². The number of benzene rings is 2. The number of carbonyl (C=O) groups is 1. The van der Waals surface area contributed by atoms with E-state index in [1.165, 1.54) is 18.2 Å². The fourth-order valence-electron chi connectivity index (χ4n) is 4.06. The molecule has 0 bridgehead atoms. The molecule has 3 aromatic rings. The molecular weight excluding hydrogens is 507 g/mol. The SMILES string of the molecule is CCOC(=O)C=Cc1cccc(-c2cnc(Nc3ccc(F)c(Cl)c3)nc2NCCN2CCN(C)CC2)c1. The summed E-state index contributed by atoms with van der Waals surface area (Å²) < 4.78 is 18.6. The molecule has 1 fully saturated rings. The molecule has 0 aliphatic carbocycles. The number of hydrogen-bond acceptors (Lipinski definition) is 8. The molecule has 1 saturated heterocycles. The predicted octanol–water partition coefficient (Wildman–Crippen LogP) is 4.92. The van der Waals surface area contributed by atoms with Gasteiger partial charge in [-0.05, 0) is 55.4 Å². The second-order valence-electron chi connectivity index (χ2n) is 8.99. The van der Waals surface area contributed by atoms with Crippen LogP contribution in [0.3, 0.4) is 0 Å². The Morgan fingerprint density at radius 3 is 2.76 bits per heavy atom. The molecule has 0 spiro atoms. The molecule has 8 nitrogen and oxygen atoms in total. The maximum absolute atomic E-state index is 13.6. The molecule has 38 heavy (non-hydrogen) atoms. The van der Waals surface area contributed by atoms with Crippen LogP contribution in [0.1, 0.15) is 12.5 Å². The maximum Gasteiger partial charge on any atom is 0.330 e. The molecule has 0 unspecified atom stereocenters. The second-order valence-corrected chi connectivity index (χ2v) is 9.40. The third-order valence-corrected chi connectivity index (χ3v) is 6.47. The van der Waals surface area contributed by atoms with Crippen LogP contribution in [0.5, 0.6) is 0 Å². The van der Waals surface area contributed by atoms with Gasteiger partial charge in [0.05, 0.1) is 11.6 Å². The Balaban J connectivity index is 1.56. The van der Waals surface area contributed by atoms with E-state index in [0.717, 1.165) is 49.4 Å². The molecule has 1 aliphatic heterocycles. The monoisotopic (exact) mass is 538 g/mol. The molecule has 2 N–H and O–H groups in total. The minimum Gasteiger partial charge on any atom is -0.463 e. The summed E-state index contributed by atoms with van der Waals surface area (Å²) in [7, 11) is 2.14. The van der Waals surface area contributed by atoms with Crippen molar-refractivity contribution < 1.29 is 13.9 Å². The van der Waals surface area contributed by atoms with E-state index in [1.54, 1.807) is 25.3 Å². The van der Waals surface area contributed by atoms with Crippen LogP contribution in [0.4, 0.5) is 21.8 Å². The van der Waals surface area contributed by atoms with Crippen molar-refractivity contribution >= 4 is 41.1 Å². The molecule has 10 heteroatoms. The van der Waals surface area contributed by atoms with Crippen molar-refractivity contribution in [2.24, 2.45) is 0 Å². The zero-order chi connectivity index (χ0) is 26.9. The highest BCUT2D eigenvalue weighted by Gasteiger charge is 2.15. The van der Waals surface area contributed by atoms with Gasteiger partial charge in [-0.3, -0.25) is 4.90 Å². The van der Waals surface area contributed by atoms with Crippen molar-refractivity contribution in [2.75, 3.05) is 63.6 Å². The summed E-state index contributed by atoms with van der Waals surface area (Å²) in [5.41, 5.74) is 3.15. The molecule has 2 heterocycles. The smallest absolute Gasteiger partial charge is 0.330 e. The van der Waals surface area contributed by atoms with Crippen LogP contribution in [0.15, 0.2) is 54.7 Å². The van der Waals surface area contributed by atoms with Gasteiger partial charge in [0.15, 0.2) is 0 Å². The zero-order valence-electron chi connectivity index (χ0n) is 21.6. The van der Waals surface area contributed by atoms with Crippen molar-refractivity contribution in [1.29, 1.82) is 0 Å². The van der Waals surface area contributed by atoms with Crippen LogP contribution in [-0.4, -0.2) is 78.7 Å². The Hall–Kier alpha value is -3.53. The summed E-state index contributed by atoms with van der Waals surface area (Å²) in [5.74, 6) is 0.147. The van der Waals surface area contributed by atoms with Crippen molar-refractivity contribution in [2.45, 2.75) is 6.92 Å². The number of rotatable bonds is 10. The van der Waals surface area contributed by atoms with Gasteiger partial charge in [-0.2, -0.15) is 4.98 Å². The van der Waals surface area contributed by atoms with E-state index in [4.69, 9.17) is 21.3 Å². The number of anilines is 3. The highest BCUT2D eigenvalue weighted by Crippen LogP contribution is 2.29. The Morgan fingerprint density at radius 1 is 1.18 bits per heavy atom. The van der Waals surface area contributed by atoms with Crippen molar-refractivity contribution in [3.8, 4) is 11.1 Å². The van der Waals surface area contributed by atoms with Crippen LogP contribution in [-0.2, 0) is 9.53 Å². The summed E-state index contributed by atoms with van der Waals surface area (Å²) in [6.07, 6.45) is 4.87. The molecule has 4 rings (SSSR count).